The number of Topliss-reactive ketones (excluding diaryl/α,β-unsaturated/α-hetero) is 1. The Kier molecular flexibility index (Phi) is 3.74. The van der Waals surface area contributed by atoms with Crippen molar-refractivity contribution in [3.63, 3.8) is 0 Å². The van der Waals surface area contributed by atoms with Crippen LogP contribution in [0.25, 0.3) is 0 Å². The van der Waals surface area contributed by atoms with Gasteiger partial charge in [0.05, 0.1) is 11.3 Å². The number of ketones is 1. The predicted molar refractivity (Wildman–Crippen MR) is 42.7 cm³/mol. The van der Waals surface area contributed by atoms with Gasteiger partial charge in [-0.1, -0.05) is 0 Å². The third-order valence-electron chi connectivity index (χ3n) is 1.86. The molecule has 1 heterocycles. The molecule has 65 valence electrons. The Hall–Kier alpha value is -0.536. The third-order valence-corrected chi connectivity index (χ3v) is 1.86. The van der Waals surface area contributed by atoms with Gasteiger partial charge in [-0.2, -0.15) is 5.10 Å². The van der Waals surface area contributed by atoms with E-state index in [-0.39, 0.29) is 24.3 Å². The standard InChI is InChI=1S/C8H12N2O.V/c1-5-8(7(3)11)6(2)10(4)9-5;/h1-4H3;. The summed E-state index contributed by atoms with van der Waals surface area (Å²) in [5, 5.41) is 4.13. The van der Waals surface area contributed by atoms with Gasteiger partial charge in [-0.25, -0.2) is 0 Å². The number of carbonyl (C=O) groups excluding carboxylic acids is 1. The van der Waals surface area contributed by atoms with E-state index in [2.05, 4.69) is 5.10 Å². The number of aromatic nitrogens is 2. The van der Waals surface area contributed by atoms with Crippen LogP contribution in [0.4, 0.5) is 0 Å². The van der Waals surface area contributed by atoms with Gasteiger partial charge in [-0.15, -0.1) is 0 Å². The van der Waals surface area contributed by atoms with E-state index in [0.717, 1.165) is 17.0 Å². The fourth-order valence-corrected chi connectivity index (χ4v) is 1.28. The van der Waals surface area contributed by atoms with Crippen molar-refractivity contribution in [3.8, 4) is 0 Å². The van der Waals surface area contributed by atoms with Crippen LogP contribution in [0.15, 0.2) is 0 Å². The van der Waals surface area contributed by atoms with E-state index in [1.54, 1.807) is 11.6 Å². The second-order valence-corrected chi connectivity index (χ2v) is 2.73. The third kappa shape index (κ3) is 1.79. The average Bonchev–Trinajstić information content (AvgIpc) is 2.07. The van der Waals surface area contributed by atoms with Crippen molar-refractivity contribution in [3.05, 3.63) is 17.0 Å². The predicted octanol–water partition coefficient (Wildman–Crippen LogP) is 1.24. The summed E-state index contributed by atoms with van der Waals surface area (Å²) in [6.07, 6.45) is 0. The molecule has 0 spiro atoms. The van der Waals surface area contributed by atoms with Gasteiger partial charge >= 0.3 is 0 Å². The van der Waals surface area contributed by atoms with E-state index < -0.39 is 0 Å². The summed E-state index contributed by atoms with van der Waals surface area (Å²) in [7, 11) is 1.84. The van der Waals surface area contributed by atoms with Crippen molar-refractivity contribution < 1.29 is 23.4 Å². The molecule has 1 radical (unpaired) electrons. The largest absolute Gasteiger partial charge is 0.294 e. The molecule has 0 fully saturated rings. The van der Waals surface area contributed by atoms with Crippen LogP contribution in [0.1, 0.15) is 28.7 Å². The molecule has 0 aliphatic rings. The molecule has 0 bridgehead atoms. The van der Waals surface area contributed by atoms with Crippen molar-refractivity contribution in [2.24, 2.45) is 7.05 Å². The molecule has 0 N–H and O–H groups in total. The molecular weight excluding hydrogens is 191 g/mol. The molecule has 0 amide bonds. The molecule has 0 saturated heterocycles. The van der Waals surface area contributed by atoms with Gasteiger partial charge in [-0.3, -0.25) is 9.48 Å². The van der Waals surface area contributed by atoms with Crippen molar-refractivity contribution >= 4 is 5.78 Å². The summed E-state index contributed by atoms with van der Waals surface area (Å²) in [6.45, 7) is 5.32. The molecule has 0 aliphatic heterocycles. The zero-order valence-electron chi connectivity index (χ0n) is 7.75. The fourth-order valence-electron chi connectivity index (χ4n) is 1.28. The van der Waals surface area contributed by atoms with Crippen LogP contribution < -0.4 is 0 Å². The Morgan fingerprint density at radius 3 is 2.08 bits per heavy atom. The van der Waals surface area contributed by atoms with Gasteiger partial charge in [0.1, 0.15) is 0 Å². The van der Waals surface area contributed by atoms with E-state index in [1.165, 1.54) is 0 Å². The van der Waals surface area contributed by atoms with Crippen LogP contribution in [-0.2, 0) is 25.6 Å². The van der Waals surface area contributed by atoms with Crippen molar-refractivity contribution in [2.75, 3.05) is 0 Å². The van der Waals surface area contributed by atoms with E-state index >= 15 is 0 Å². The van der Waals surface area contributed by atoms with Crippen LogP contribution in [0.5, 0.6) is 0 Å². The maximum atomic E-state index is 11.0. The van der Waals surface area contributed by atoms with Gasteiger partial charge < -0.3 is 0 Å². The Balaban J connectivity index is 0.00000121. The molecule has 0 saturated carbocycles. The van der Waals surface area contributed by atoms with Crippen LogP contribution in [-0.4, -0.2) is 15.6 Å². The summed E-state index contributed by atoms with van der Waals surface area (Å²) in [5.41, 5.74) is 2.51. The Labute approximate surface area is 84.0 Å². The van der Waals surface area contributed by atoms with E-state index in [9.17, 15) is 4.79 Å². The maximum Gasteiger partial charge on any atom is 0.163 e. The molecule has 0 unspecified atom stereocenters. The molecule has 1 rings (SSSR count). The summed E-state index contributed by atoms with van der Waals surface area (Å²) in [4.78, 5) is 11.0. The van der Waals surface area contributed by atoms with Crippen LogP contribution in [0.2, 0.25) is 0 Å². The molecule has 4 heteroatoms. The molecule has 0 atom stereocenters. The van der Waals surface area contributed by atoms with Crippen molar-refractivity contribution in [1.29, 1.82) is 0 Å². The van der Waals surface area contributed by atoms with E-state index in [4.69, 9.17) is 0 Å². The van der Waals surface area contributed by atoms with Gasteiger partial charge in [0.15, 0.2) is 5.78 Å². The van der Waals surface area contributed by atoms with Gasteiger partial charge in [0.25, 0.3) is 0 Å². The normalized spacial score (nSPS) is 9.33. The topological polar surface area (TPSA) is 34.9 Å². The first-order chi connectivity index (χ1) is 5.04. The number of hydrogen-bond acceptors (Lipinski definition) is 2. The average molecular weight is 203 g/mol. The van der Waals surface area contributed by atoms with Crippen LogP contribution in [0, 0.1) is 13.8 Å². The second kappa shape index (κ2) is 3.92. The first-order valence-electron chi connectivity index (χ1n) is 3.55. The quantitative estimate of drug-likeness (QED) is 0.643. The van der Waals surface area contributed by atoms with Gasteiger partial charge in [0.2, 0.25) is 0 Å². The van der Waals surface area contributed by atoms with Crippen LogP contribution >= 0.6 is 0 Å². The van der Waals surface area contributed by atoms with E-state index in [0.29, 0.717) is 0 Å². The zero-order valence-corrected chi connectivity index (χ0v) is 9.15. The minimum Gasteiger partial charge on any atom is -0.294 e. The molecule has 1 aromatic heterocycles. The summed E-state index contributed by atoms with van der Waals surface area (Å²) in [6, 6.07) is 0. The Morgan fingerprint density at radius 1 is 1.42 bits per heavy atom. The molecule has 0 aliphatic carbocycles. The van der Waals surface area contributed by atoms with E-state index in [1.807, 2.05) is 20.9 Å². The molecular formula is C8H12N2OV. The second-order valence-electron chi connectivity index (χ2n) is 2.73. The molecule has 0 aromatic carbocycles. The Bertz CT molecular complexity index is 304. The van der Waals surface area contributed by atoms with Crippen molar-refractivity contribution in [2.45, 2.75) is 20.8 Å². The van der Waals surface area contributed by atoms with Crippen LogP contribution in [0.3, 0.4) is 0 Å². The summed E-state index contributed by atoms with van der Waals surface area (Å²) < 4.78 is 1.73. The smallest absolute Gasteiger partial charge is 0.163 e. The summed E-state index contributed by atoms with van der Waals surface area (Å²) in [5.74, 6) is 0.0908. The molecule has 1 aromatic rings. The fraction of sp³-hybridized carbons (Fsp3) is 0.500. The molecule has 12 heavy (non-hydrogen) atoms. The number of nitrogens with zero attached hydrogens (tertiary/aromatic N) is 2. The number of rotatable bonds is 1. The summed E-state index contributed by atoms with van der Waals surface area (Å²) >= 11 is 0. The van der Waals surface area contributed by atoms with Gasteiger partial charge in [0, 0.05) is 31.3 Å². The first-order valence-corrected chi connectivity index (χ1v) is 3.55. The number of carbonyl (C=O) groups is 1. The molecule has 3 nitrogen and oxygen atoms in total. The van der Waals surface area contributed by atoms with Crippen molar-refractivity contribution in [1.82, 2.24) is 9.78 Å². The van der Waals surface area contributed by atoms with Gasteiger partial charge in [-0.05, 0) is 20.8 Å². The first kappa shape index (κ1) is 11.5. The monoisotopic (exact) mass is 203 g/mol. The maximum absolute atomic E-state index is 11.0. The SMILES string of the molecule is CC(=O)c1c(C)nn(C)c1C.[V]. The number of hydrogen-bond donors (Lipinski definition) is 0. The minimum atomic E-state index is 0. The Morgan fingerprint density at radius 2 is 1.92 bits per heavy atom. The zero-order chi connectivity index (χ0) is 8.59. The number of aryl methyl sites for hydroxylation is 2. The minimum absolute atomic E-state index is 0.